The summed E-state index contributed by atoms with van der Waals surface area (Å²) in [4.78, 5) is 10.7. The van der Waals surface area contributed by atoms with E-state index in [0.29, 0.717) is 36.9 Å². The summed E-state index contributed by atoms with van der Waals surface area (Å²) in [5.74, 6) is -0.155. The quantitative estimate of drug-likeness (QED) is 0.780. The molecule has 0 saturated carbocycles. The third kappa shape index (κ3) is 4.85. The summed E-state index contributed by atoms with van der Waals surface area (Å²) < 4.78 is 34.5. The maximum absolute atomic E-state index is 12.6. The summed E-state index contributed by atoms with van der Waals surface area (Å²) in [7, 11) is -2.20. The number of rotatable bonds is 7. The average Bonchev–Trinajstić information content (AvgIpc) is 2.53. The van der Waals surface area contributed by atoms with E-state index >= 15 is 0 Å². The standard InChI is InChI=1S/C16H24N2O5S/c1-12-4-3-9-18(11-12)24(21,22)17-14-10-13(6-8-16(19)20)5-7-15(14)23-2/h5,7,10,12,17H,3-4,6,8-9,11H2,1-2H3,(H,19,20). The Bertz CT molecular complexity index is 690. The number of hydrogen-bond acceptors (Lipinski definition) is 4. The lowest BCUT2D eigenvalue weighted by atomic mass is 10.0. The second-order valence-electron chi connectivity index (χ2n) is 6.14. The Balaban J connectivity index is 2.19. The van der Waals surface area contributed by atoms with Crippen LogP contribution in [0.2, 0.25) is 0 Å². The van der Waals surface area contributed by atoms with E-state index in [1.165, 1.54) is 11.4 Å². The van der Waals surface area contributed by atoms with Crippen molar-refractivity contribution in [3.05, 3.63) is 23.8 Å². The number of carbonyl (C=O) groups is 1. The molecule has 1 heterocycles. The minimum atomic E-state index is -3.66. The lowest BCUT2D eigenvalue weighted by Crippen LogP contribution is -2.42. The molecule has 1 atom stereocenters. The smallest absolute Gasteiger partial charge is 0.303 e. The summed E-state index contributed by atoms with van der Waals surface area (Å²) in [6, 6.07) is 5.02. The van der Waals surface area contributed by atoms with E-state index in [1.807, 2.05) is 6.92 Å². The van der Waals surface area contributed by atoms with Gasteiger partial charge in [-0.05, 0) is 42.9 Å². The van der Waals surface area contributed by atoms with Crippen molar-refractivity contribution in [3.8, 4) is 5.75 Å². The fourth-order valence-electron chi connectivity index (χ4n) is 2.81. The van der Waals surface area contributed by atoms with Crippen LogP contribution in [0.1, 0.15) is 31.7 Å². The molecular formula is C16H24N2O5S. The molecule has 1 aliphatic heterocycles. The van der Waals surface area contributed by atoms with Gasteiger partial charge in [0.25, 0.3) is 0 Å². The minimum absolute atomic E-state index is 0.0117. The van der Waals surface area contributed by atoms with Crippen LogP contribution in [-0.4, -0.2) is 44.0 Å². The molecule has 0 amide bonds. The van der Waals surface area contributed by atoms with Crippen molar-refractivity contribution in [2.75, 3.05) is 24.9 Å². The first-order valence-electron chi connectivity index (χ1n) is 7.98. The predicted molar refractivity (Wildman–Crippen MR) is 91.5 cm³/mol. The largest absolute Gasteiger partial charge is 0.495 e. The number of ether oxygens (including phenoxy) is 1. The summed E-state index contributed by atoms with van der Waals surface area (Å²) in [5.41, 5.74) is 1.07. The van der Waals surface area contributed by atoms with Crippen molar-refractivity contribution in [1.29, 1.82) is 0 Å². The van der Waals surface area contributed by atoms with Crippen molar-refractivity contribution in [1.82, 2.24) is 4.31 Å². The number of nitrogens with zero attached hydrogens (tertiary/aromatic N) is 1. The Morgan fingerprint density at radius 1 is 1.46 bits per heavy atom. The van der Waals surface area contributed by atoms with E-state index in [1.54, 1.807) is 18.2 Å². The molecule has 1 aromatic carbocycles. The highest BCUT2D eigenvalue weighted by Crippen LogP contribution is 2.28. The number of aliphatic carboxylic acids is 1. The van der Waals surface area contributed by atoms with Gasteiger partial charge >= 0.3 is 16.2 Å². The predicted octanol–water partition coefficient (Wildman–Crippen LogP) is 2.10. The Morgan fingerprint density at radius 2 is 2.21 bits per heavy atom. The van der Waals surface area contributed by atoms with Crippen LogP contribution in [0.5, 0.6) is 5.75 Å². The highest BCUT2D eigenvalue weighted by atomic mass is 32.2. The van der Waals surface area contributed by atoms with Crippen molar-refractivity contribution >= 4 is 21.9 Å². The molecule has 1 aliphatic rings. The third-order valence-corrected chi connectivity index (χ3v) is 5.58. The van der Waals surface area contributed by atoms with Gasteiger partial charge in [0.2, 0.25) is 0 Å². The Labute approximate surface area is 142 Å². The van der Waals surface area contributed by atoms with Crippen LogP contribution in [0.4, 0.5) is 5.69 Å². The van der Waals surface area contributed by atoms with Gasteiger partial charge in [0, 0.05) is 19.5 Å². The number of aryl methyl sites for hydroxylation is 1. The van der Waals surface area contributed by atoms with Crippen LogP contribution >= 0.6 is 0 Å². The van der Waals surface area contributed by atoms with Gasteiger partial charge in [-0.25, -0.2) is 0 Å². The third-order valence-electron chi connectivity index (χ3n) is 4.09. The first kappa shape index (κ1) is 18.5. The van der Waals surface area contributed by atoms with Gasteiger partial charge in [-0.2, -0.15) is 12.7 Å². The van der Waals surface area contributed by atoms with Crippen molar-refractivity contribution in [3.63, 3.8) is 0 Å². The topological polar surface area (TPSA) is 95.9 Å². The van der Waals surface area contributed by atoms with E-state index in [2.05, 4.69) is 4.72 Å². The molecule has 7 nitrogen and oxygen atoms in total. The number of anilines is 1. The zero-order valence-corrected chi connectivity index (χ0v) is 14.8. The first-order chi connectivity index (χ1) is 11.3. The van der Waals surface area contributed by atoms with Crippen LogP contribution in [-0.2, 0) is 21.4 Å². The summed E-state index contributed by atoms with van der Waals surface area (Å²) in [6.07, 6.45) is 2.19. The molecule has 24 heavy (non-hydrogen) atoms. The Kier molecular flexibility index (Phi) is 6.06. The monoisotopic (exact) mass is 356 g/mol. The SMILES string of the molecule is COc1ccc(CCC(=O)O)cc1NS(=O)(=O)N1CCCC(C)C1. The van der Waals surface area contributed by atoms with Crippen LogP contribution in [0.25, 0.3) is 0 Å². The number of piperidine rings is 1. The normalized spacial score (nSPS) is 19.0. The molecule has 2 N–H and O–H groups in total. The minimum Gasteiger partial charge on any atom is -0.495 e. The number of carboxylic acid groups (broad SMARTS) is 1. The van der Waals surface area contributed by atoms with Gasteiger partial charge in [0.15, 0.2) is 0 Å². The van der Waals surface area contributed by atoms with E-state index in [9.17, 15) is 13.2 Å². The van der Waals surface area contributed by atoms with Gasteiger partial charge in [-0.15, -0.1) is 0 Å². The molecule has 0 radical (unpaired) electrons. The Hall–Kier alpha value is -1.80. The van der Waals surface area contributed by atoms with Crippen LogP contribution < -0.4 is 9.46 Å². The number of benzene rings is 1. The summed E-state index contributed by atoms with van der Waals surface area (Å²) in [6.45, 7) is 3.03. The maximum atomic E-state index is 12.6. The molecule has 0 spiro atoms. The molecule has 8 heteroatoms. The van der Waals surface area contributed by atoms with Crippen molar-refractivity contribution in [2.24, 2.45) is 5.92 Å². The van der Waals surface area contributed by atoms with Gasteiger partial charge in [0.1, 0.15) is 5.75 Å². The molecule has 1 fully saturated rings. The first-order valence-corrected chi connectivity index (χ1v) is 9.42. The van der Waals surface area contributed by atoms with Gasteiger partial charge in [0.05, 0.1) is 12.8 Å². The molecule has 0 aromatic heterocycles. The number of hydrogen-bond donors (Lipinski definition) is 2. The number of methoxy groups -OCH3 is 1. The van der Waals surface area contributed by atoms with Gasteiger partial charge in [-0.3, -0.25) is 9.52 Å². The van der Waals surface area contributed by atoms with E-state index in [4.69, 9.17) is 9.84 Å². The highest BCUT2D eigenvalue weighted by molar-refractivity contribution is 7.90. The molecule has 1 aromatic rings. The number of nitrogens with one attached hydrogen (secondary N) is 1. The molecule has 1 saturated heterocycles. The van der Waals surface area contributed by atoms with E-state index in [0.717, 1.165) is 18.4 Å². The number of carboxylic acids is 1. The lowest BCUT2D eigenvalue weighted by Gasteiger charge is -2.30. The highest BCUT2D eigenvalue weighted by Gasteiger charge is 2.27. The second kappa shape index (κ2) is 7.85. The fraction of sp³-hybridized carbons (Fsp3) is 0.562. The molecule has 0 aliphatic carbocycles. The zero-order valence-electron chi connectivity index (χ0n) is 14.0. The summed E-state index contributed by atoms with van der Waals surface area (Å²) >= 11 is 0. The fourth-order valence-corrected chi connectivity index (χ4v) is 4.20. The van der Waals surface area contributed by atoms with Crippen LogP contribution in [0, 0.1) is 5.92 Å². The van der Waals surface area contributed by atoms with Crippen molar-refractivity contribution < 1.29 is 23.1 Å². The molecule has 1 unspecified atom stereocenters. The van der Waals surface area contributed by atoms with E-state index < -0.39 is 16.2 Å². The molecule has 134 valence electrons. The lowest BCUT2D eigenvalue weighted by molar-refractivity contribution is -0.136. The van der Waals surface area contributed by atoms with Gasteiger partial charge in [-0.1, -0.05) is 13.0 Å². The molecular weight excluding hydrogens is 332 g/mol. The van der Waals surface area contributed by atoms with Crippen molar-refractivity contribution in [2.45, 2.75) is 32.6 Å². The molecule has 2 rings (SSSR count). The van der Waals surface area contributed by atoms with E-state index in [-0.39, 0.29) is 6.42 Å². The zero-order chi connectivity index (χ0) is 17.7. The summed E-state index contributed by atoms with van der Waals surface area (Å²) in [5, 5.41) is 8.78. The van der Waals surface area contributed by atoms with Gasteiger partial charge < -0.3 is 9.84 Å². The average molecular weight is 356 g/mol. The van der Waals surface area contributed by atoms with Crippen LogP contribution in [0.15, 0.2) is 18.2 Å². The second-order valence-corrected chi connectivity index (χ2v) is 7.81. The van der Waals surface area contributed by atoms with Crippen LogP contribution in [0.3, 0.4) is 0 Å². The maximum Gasteiger partial charge on any atom is 0.303 e. The molecule has 0 bridgehead atoms. The Morgan fingerprint density at radius 3 is 2.83 bits per heavy atom.